The van der Waals surface area contributed by atoms with Crippen molar-refractivity contribution in [3.8, 4) is 6.01 Å². The molecule has 0 N–H and O–H groups in total. The molecule has 16 heavy (non-hydrogen) atoms. The third-order valence-electron chi connectivity index (χ3n) is 2.55. The number of rotatable bonds is 5. The molecule has 1 heterocycles. The molecule has 1 aliphatic carbocycles. The van der Waals surface area contributed by atoms with E-state index < -0.39 is 0 Å². The number of aromatic nitrogens is 2. The Balaban J connectivity index is 2.07. The molecule has 0 aliphatic heterocycles. The molecule has 0 radical (unpaired) electrons. The molecule has 88 valence electrons. The Kier molecular flexibility index (Phi) is 3.24. The Bertz CT molecular complexity index is 424. The molecule has 1 saturated carbocycles. The van der Waals surface area contributed by atoms with E-state index in [1.165, 1.54) is 30.6 Å². The average Bonchev–Trinajstić information content (AvgIpc) is 3.04. The van der Waals surface area contributed by atoms with Gasteiger partial charge in [-0.05, 0) is 25.7 Å². The first kappa shape index (κ1) is 11.1. The van der Waals surface area contributed by atoms with Crippen LogP contribution < -0.4 is 10.3 Å². The van der Waals surface area contributed by atoms with Crippen LogP contribution in [-0.4, -0.2) is 23.3 Å². The van der Waals surface area contributed by atoms with E-state index in [9.17, 15) is 4.79 Å². The average molecular weight is 224 g/mol. The van der Waals surface area contributed by atoms with E-state index in [1.54, 1.807) is 6.92 Å². The van der Waals surface area contributed by atoms with Crippen LogP contribution in [0, 0.1) is 12.8 Å². The molecular formula is C11H16N2O3. The van der Waals surface area contributed by atoms with Gasteiger partial charge in [0.05, 0.1) is 13.7 Å². The van der Waals surface area contributed by atoms with Gasteiger partial charge in [0.25, 0.3) is 5.56 Å². The largest absolute Gasteiger partial charge is 0.468 e. The SMILES string of the molecule is COc1nc(C)cc(=O)n1COCC1CC1. The number of aryl methyl sites for hydroxylation is 1. The Morgan fingerprint density at radius 1 is 1.56 bits per heavy atom. The van der Waals surface area contributed by atoms with Gasteiger partial charge in [-0.3, -0.25) is 4.79 Å². The van der Waals surface area contributed by atoms with Crippen molar-refractivity contribution < 1.29 is 9.47 Å². The first-order chi connectivity index (χ1) is 7.70. The van der Waals surface area contributed by atoms with Crippen LogP contribution in [0.3, 0.4) is 0 Å². The lowest BCUT2D eigenvalue weighted by Crippen LogP contribution is -2.24. The molecule has 0 aromatic carbocycles. The Morgan fingerprint density at radius 3 is 2.94 bits per heavy atom. The Labute approximate surface area is 94.0 Å². The second-order valence-electron chi connectivity index (χ2n) is 4.09. The van der Waals surface area contributed by atoms with Gasteiger partial charge in [0.1, 0.15) is 6.73 Å². The molecule has 1 aromatic rings. The van der Waals surface area contributed by atoms with Gasteiger partial charge in [-0.2, -0.15) is 0 Å². The van der Waals surface area contributed by atoms with Crippen molar-refractivity contribution in [2.75, 3.05) is 13.7 Å². The predicted molar refractivity (Wildman–Crippen MR) is 58.5 cm³/mol. The highest BCUT2D eigenvalue weighted by Gasteiger charge is 2.21. The Morgan fingerprint density at radius 2 is 2.31 bits per heavy atom. The minimum atomic E-state index is -0.139. The highest BCUT2D eigenvalue weighted by atomic mass is 16.5. The van der Waals surface area contributed by atoms with Crippen LogP contribution in [0.25, 0.3) is 0 Å². The second kappa shape index (κ2) is 4.65. The molecule has 0 saturated heterocycles. The molecule has 0 spiro atoms. The molecule has 5 heteroatoms. The summed E-state index contributed by atoms with van der Waals surface area (Å²) in [6.07, 6.45) is 2.47. The summed E-state index contributed by atoms with van der Waals surface area (Å²) in [4.78, 5) is 15.8. The summed E-state index contributed by atoms with van der Waals surface area (Å²) < 4.78 is 11.9. The summed E-state index contributed by atoms with van der Waals surface area (Å²) in [6, 6.07) is 1.78. The van der Waals surface area contributed by atoms with Crippen molar-refractivity contribution in [2.45, 2.75) is 26.5 Å². The summed E-state index contributed by atoms with van der Waals surface area (Å²) in [5, 5.41) is 0. The van der Waals surface area contributed by atoms with E-state index in [4.69, 9.17) is 9.47 Å². The number of nitrogens with zero attached hydrogens (tertiary/aromatic N) is 2. The van der Waals surface area contributed by atoms with Crippen LogP contribution in [0.2, 0.25) is 0 Å². The molecule has 0 amide bonds. The zero-order chi connectivity index (χ0) is 11.5. The van der Waals surface area contributed by atoms with Crippen LogP contribution in [0.5, 0.6) is 6.01 Å². The quantitative estimate of drug-likeness (QED) is 0.747. The molecule has 2 rings (SSSR count). The maximum atomic E-state index is 11.7. The third kappa shape index (κ3) is 2.61. The summed E-state index contributed by atoms with van der Waals surface area (Å²) in [5.41, 5.74) is 0.514. The molecule has 5 nitrogen and oxygen atoms in total. The van der Waals surface area contributed by atoms with Gasteiger partial charge in [0.2, 0.25) is 0 Å². The lowest BCUT2D eigenvalue weighted by molar-refractivity contribution is 0.0600. The van der Waals surface area contributed by atoms with E-state index in [0.717, 1.165) is 0 Å². The van der Waals surface area contributed by atoms with E-state index in [0.29, 0.717) is 24.2 Å². The lowest BCUT2D eigenvalue weighted by Gasteiger charge is -2.10. The fourth-order valence-corrected chi connectivity index (χ4v) is 1.46. The van der Waals surface area contributed by atoms with Gasteiger partial charge >= 0.3 is 6.01 Å². The molecule has 0 bridgehead atoms. The second-order valence-corrected chi connectivity index (χ2v) is 4.09. The van der Waals surface area contributed by atoms with Crippen molar-refractivity contribution in [1.82, 2.24) is 9.55 Å². The van der Waals surface area contributed by atoms with Crippen LogP contribution in [0.1, 0.15) is 18.5 Å². The maximum Gasteiger partial charge on any atom is 0.301 e. The highest BCUT2D eigenvalue weighted by molar-refractivity contribution is 5.06. The van der Waals surface area contributed by atoms with Crippen molar-refractivity contribution in [1.29, 1.82) is 0 Å². The zero-order valence-electron chi connectivity index (χ0n) is 9.60. The highest BCUT2D eigenvalue weighted by Crippen LogP contribution is 2.28. The fourth-order valence-electron chi connectivity index (χ4n) is 1.46. The maximum absolute atomic E-state index is 11.7. The molecule has 0 atom stereocenters. The summed E-state index contributed by atoms with van der Waals surface area (Å²) >= 11 is 0. The van der Waals surface area contributed by atoms with Crippen molar-refractivity contribution >= 4 is 0 Å². The van der Waals surface area contributed by atoms with E-state index >= 15 is 0 Å². The van der Waals surface area contributed by atoms with Gasteiger partial charge in [-0.25, -0.2) is 9.55 Å². The van der Waals surface area contributed by atoms with Gasteiger partial charge < -0.3 is 9.47 Å². The molecule has 1 fully saturated rings. The number of ether oxygens (including phenoxy) is 2. The van der Waals surface area contributed by atoms with Gasteiger partial charge in [0, 0.05) is 11.8 Å². The van der Waals surface area contributed by atoms with Gasteiger partial charge in [-0.1, -0.05) is 0 Å². The van der Waals surface area contributed by atoms with E-state index in [2.05, 4.69) is 4.98 Å². The zero-order valence-corrected chi connectivity index (χ0v) is 9.60. The monoisotopic (exact) mass is 224 g/mol. The molecule has 1 aromatic heterocycles. The first-order valence-corrected chi connectivity index (χ1v) is 5.41. The molecule has 0 unspecified atom stereocenters. The smallest absolute Gasteiger partial charge is 0.301 e. The molecular weight excluding hydrogens is 208 g/mol. The van der Waals surface area contributed by atoms with Gasteiger partial charge in [-0.15, -0.1) is 0 Å². The van der Waals surface area contributed by atoms with Crippen molar-refractivity contribution in [3.63, 3.8) is 0 Å². The topological polar surface area (TPSA) is 53.3 Å². The fraction of sp³-hybridized carbons (Fsp3) is 0.636. The standard InChI is InChI=1S/C11H16N2O3/c1-8-5-10(14)13(11(12-8)15-2)7-16-6-9-3-4-9/h5,9H,3-4,6-7H2,1-2H3. The normalized spacial score (nSPS) is 15.1. The van der Waals surface area contributed by atoms with Crippen LogP contribution in [-0.2, 0) is 11.5 Å². The van der Waals surface area contributed by atoms with Crippen LogP contribution >= 0.6 is 0 Å². The third-order valence-corrected chi connectivity index (χ3v) is 2.55. The first-order valence-electron chi connectivity index (χ1n) is 5.41. The van der Waals surface area contributed by atoms with E-state index in [-0.39, 0.29) is 12.3 Å². The van der Waals surface area contributed by atoms with Crippen molar-refractivity contribution in [2.24, 2.45) is 5.92 Å². The predicted octanol–water partition coefficient (Wildman–Crippen LogP) is 0.944. The Hall–Kier alpha value is -1.36. The number of hydrogen-bond acceptors (Lipinski definition) is 4. The minimum Gasteiger partial charge on any atom is -0.468 e. The number of hydrogen-bond donors (Lipinski definition) is 0. The minimum absolute atomic E-state index is 0.139. The van der Waals surface area contributed by atoms with Crippen molar-refractivity contribution in [3.05, 3.63) is 22.1 Å². The van der Waals surface area contributed by atoms with E-state index in [1.807, 2.05) is 0 Å². The molecule has 1 aliphatic rings. The number of methoxy groups -OCH3 is 1. The summed E-state index contributed by atoms with van der Waals surface area (Å²) in [5.74, 6) is 0.681. The lowest BCUT2D eigenvalue weighted by atomic mass is 10.4. The summed E-state index contributed by atoms with van der Waals surface area (Å²) in [6.45, 7) is 2.69. The van der Waals surface area contributed by atoms with Gasteiger partial charge in [0.15, 0.2) is 0 Å². The van der Waals surface area contributed by atoms with Crippen LogP contribution in [0.4, 0.5) is 0 Å². The summed E-state index contributed by atoms with van der Waals surface area (Å²) in [7, 11) is 1.50. The van der Waals surface area contributed by atoms with Crippen LogP contribution in [0.15, 0.2) is 10.9 Å².